The Morgan fingerprint density at radius 2 is 1.96 bits per heavy atom. The van der Waals surface area contributed by atoms with Gasteiger partial charge >= 0.3 is 0 Å². The molecule has 0 saturated heterocycles. The molecule has 0 fully saturated rings. The van der Waals surface area contributed by atoms with E-state index in [0.717, 1.165) is 5.56 Å². The fraction of sp³-hybridized carbons (Fsp3) is 0.316. The zero-order valence-electron chi connectivity index (χ0n) is 16.0. The van der Waals surface area contributed by atoms with E-state index in [1.165, 1.54) is 7.11 Å². The van der Waals surface area contributed by atoms with Crippen molar-refractivity contribution in [1.29, 1.82) is 0 Å². The lowest BCUT2D eigenvalue weighted by Crippen LogP contribution is -2.33. The third-order valence-electron chi connectivity index (χ3n) is 4.25. The van der Waals surface area contributed by atoms with Gasteiger partial charge in [0.2, 0.25) is 5.88 Å². The first-order valence-corrected chi connectivity index (χ1v) is 8.59. The molecule has 3 heterocycles. The Labute approximate surface area is 157 Å². The molecule has 0 aliphatic carbocycles. The standard InChI is InChI=1S/C19H22N6O2/c1-12(2)24(4)19(26)15-10-16(14-7-6-13(3)11-20-14)25(23-15)17-8-9-18(27-5)22-21-17/h6-12H,1-5H3. The topological polar surface area (TPSA) is 86.0 Å². The van der Waals surface area contributed by atoms with Crippen molar-refractivity contribution < 1.29 is 9.53 Å². The average molecular weight is 366 g/mol. The number of hydrogen-bond acceptors (Lipinski definition) is 6. The van der Waals surface area contributed by atoms with E-state index in [1.54, 1.807) is 41.0 Å². The highest BCUT2D eigenvalue weighted by Crippen LogP contribution is 2.23. The van der Waals surface area contributed by atoms with E-state index < -0.39 is 0 Å². The largest absolute Gasteiger partial charge is 0.480 e. The molecule has 3 aromatic heterocycles. The van der Waals surface area contributed by atoms with Crippen LogP contribution in [0.5, 0.6) is 5.88 Å². The van der Waals surface area contributed by atoms with Crippen LogP contribution in [-0.4, -0.2) is 56.0 Å². The van der Waals surface area contributed by atoms with E-state index in [2.05, 4.69) is 20.3 Å². The van der Waals surface area contributed by atoms with E-state index in [-0.39, 0.29) is 11.9 Å². The molecule has 3 aromatic rings. The van der Waals surface area contributed by atoms with Crippen molar-refractivity contribution in [1.82, 2.24) is 29.9 Å². The van der Waals surface area contributed by atoms with Gasteiger partial charge in [-0.05, 0) is 44.5 Å². The predicted octanol–water partition coefficient (Wildman–Crippen LogP) is 2.52. The quantitative estimate of drug-likeness (QED) is 0.690. The van der Waals surface area contributed by atoms with Crippen molar-refractivity contribution >= 4 is 5.91 Å². The Hall–Kier alpha value is -3.29. The Morgan fingerprint density at radius 1 is 1.19 bits per heavy atom. The smallest absolute Gasteiger partial charge is 0.274 e. The predicted molar refractivity (Wildman–Crippen MR) is 101 cm³/mol. The molecular weight excluding hydrogens is 344 g/mol. The fourth-order valence-corrected chi connectivity index (χ4v) is 2.41. The molecule has 0 N–H and O–H groups in total. The number of ether oxygens (including phenoxy) is 1. The zero-order valence-corrected chi connectivity index (χ0v) is 16.0. The van der Waals surface area contributed by atoms with Crippen LogP contribution in [0.3, 0.4) is 0 Å². The van der Waals surface area contributed by atoms with Gasteiger partial charge in [-0.15, -0.1) is 10.2 Å². The van der Waals surface area contributed by atoms with E-state index in [4.69, 9.17) is 4.74 Å². The van der Waals surface area contributed by atoms with Crippen LogP contribution in [0, 0.1) is 6.92 Å². The summed E-state index contributed by atoms with van der Waals surface area (Å²) in [6, 6.07) is 9.06. The maximum Gasteiger partial charge on any atom is 0.274 e. The number of amides is 1. The Balaban J connectivity index is 2.11. The zero-order chi connectivity index (χ0) is 19.6. The molecule has 27 heavy (non-hydrogen) atoms. The lowest BCUT2D eigenvalue weighted by atomic mass is 10.2. The van der Waals surface area contributed by atoms with E-state index >= 15 is 0 Å². The van der Waals surface area contributed by atoms with Gasteiger partial charge in [0.15, 0.2) is 11.5 Å². The average Bonchev–Trinajstić information content (AvgIpc) is 3.12. The number of carbonyl (C=O) groups excluding carboxylic acids is 1. The molecule has 0 bridgehead atoms. The Kier molecular flexibility index (Phi) is 5.16. The molecule has 140 valence electrons. The third-order valence-corrected chi connectivity index (χ3v) is 4.25. The maximum atomic E-state index is 12.7. The molecule has 8 nitrogen and oxygen atoms in total. The van der Waals surface area contributed by atoms with Gasteiger partial charge in [-0.1, -0.05) is 6.07 Å². The number of rotatable bonds is 5. The second-order valence-electron chi connectivity index (χ2n) is 6.49. The summed E-state index contributed by atoms with van der Waals surface area (Å²) in [6.07, 6.45) is 1.77. The van der Waals surface area contributed by atoms with Gasteiger partial charge in [-0.3, -0.25) is 9.78 Å². The number of nitrogens with zero attached hydrogens (tertiary/aromatic N) is 6. The molecule has 0 aliphatic rings. The van der Waals surface area contributed by atoms with Crippen molar-refractivity contribution in [2.45, 2.75) is 26.8 Å². The van der Waals surface area contributed by atoms with Crippen LogP contribution in [0.2, 0.25) is 0 Å². The lowest BCUT2D eigenvalue weighted by Gasteiger charge is -2.19. The van der Waals surface area contributed by atoms with Gasteiger partial charge in [0.05, 0.1) is 18.5 Å². The van der Waals surface area contributed by atoms with Crippen LogP contribution < -0.4 is 4.74 Å². The molecular formula is C19H22N6O2. The van der Waals surface area contributed by atoms with Gasteiger partial charge in [-0.25, -0.2) is 4.68 Å². The minimum atomic E-state index is -0.168. The molecule has 3 rings (SSSR count). The SMILES string of the molecule is COc1ccc(-n2nc(C(=O)N(C)C(C)C)cc2-c2ccc(C)cn2)nn1. The van der Waals surface area contributed by atoms with Gasteiger partial charge in [0.1, 0.15) is 0 Å². The number of pyridine rings is 1. The van der Waals surface area contributed by atoms with Gasteiger partial charge in [-0.2, -0.15) is 5.10 Å². The summed E-state index contributed by atoms with van der Waals surface area (Å²) in [5.74, 6) is 0.703. The molecule has 8 heteroatoms. The number of aryl methyl sites for hydroxylation is 1. The third kappa shape index (κ3) is 3.79. The number of carbonyl (C=O) groups is 1. The van der Waals surface area contributed by atoms with Gasteiger partial charge in [0.25, 0.3) is 5.91 Å². The van der Waals surface area contributed by atoms with Gasteiger partial charge in [0, 0.05) is 25.4 Å². The van der Waals surface area contributed by atoms with Crippen LogP contribution in [0.15, 0.2) is 36.5 Å². The number of hydrogen-bond donors (Lipinski definition) is 0. The highest BCUT2D eigenvalue weighted by atomic mass is 16.5. The summed E-state index contributed by atoms with van der Waals surface area (Å²) in [7, 11) is 3.28. The monoisotopic (exact) mass is 366 g/mol. The van der Waals surface area contributed by atoms with E-state index in [9.17, 15) is 4.79 Å². The van der Waals surface area contributed by atoms with Crippen molar-refractivity contribution in [2.24, 2.45) is 0 Å². The second kappa shape index (κ2) is 7.53. The number of aromatic nitrogens is 5. The first-order chi connectivity index (χ1) is 12.9. The molecule has 0 aliphatic heterocycles. The van der Waals surface area contributed by atoms with Crippen molar-refractivity contribution in [3.8, 4) is 23.1 Å². The van der Waals surface area contributed by atoms with Crippen LogP contribution in [0.1, 0.15) is 29.9 Å². The first kappa shape index (κ1) is 18.5. The molecule has 0 saturated carbocycles. The van der Waals surface area contributed by atoms with Crippen molar-refractivity contribution in [2.75, 3.05) is 14.2 Å². The minimum absolute atomic E-state index is 0.0596. The Bertz CT molecular complexity index is 932. The van der Waals surface area contributed by atoms with E-state index in [0.29, 0.717) is 28.8 Å². The summed E-state index contributed by atoms with van der Waals surface area (Å²) in [4.78, 5) is 18.8. The summed E-state index contributed by atoms with van der Waals surface area (Å²) in [6.45, 7) is 5.87. The first-order valence-electron chi connectivity index (χ1n) is 8.59. The van der Waals surface area contributed by atoms with Crippen molar-refractivity contribution in [3.63, 3.8) is 0 Å². The van der Waals surface area contributed by atoms with E-state index in [1.807, 2.05) is 32.9 Å². The second-order valence-corrected chi connectivity index (χ2v) is 6.49. The fourth-order valence-electron chi connectivity index (χ4n) is 2.41. The molecule has 0 unspecified atom stereocenters. The van der Waals surface area contributed by atoms with Crippen LogP contribution in [0.4, 0.5) is 0 Å². The highest BCUT2D eigenvalue weighted by molar-refractivity contribution is 5.93. The van der Waals surface area contributed by atoms with Crippen LogP contribution in [0.25, 0.3) is 17.2 Å². The van der Waals surface area contributed by atoms with Crippen LogP contribution in [-0.2, 0) is 0 Å². The Morgan fingerprint density at radius 3 is 2.52 bits per heavy atom. The van der Waals surface area contributed by atoms with Crippen molar-refractivity contribution in [3.05, 3.63) is 47.8 Å². The molecule has 0 atom stereocenters. The molecule has 0 aromatic carbocycles. The lowest BCUT2D eigenvalue weighted by molar-refractivity contribution is 0.0748. The highest BCUT2D eigenvalue weighted by Gasteiger charge is 2.22. The summed E-state index contributed by atoms with van der Waals surface area (Å²) >= 11 is 0. The van der Waals surface area contributed by atoms with Gasteiger partial charge < -0.3 is 9.64 Å². The maximum absolute atomic E-state index is 12.7. The summed E-state index contributed by atoms with van der Waals surface area (Å²) < 4.78 is 6.63. The summed E-state index contributed by atoms with van der Waals surface area (Å²) in [5, 5.41) is 12.6. The molecule has 1 amide bonds. The minimum Gasteiger partial charge on any atom is -0.480 e. The summed E-state index contributed by atoms with van der Waals surface area (Å²) in [5.41, 5.74) is 2.72. The molecule has 0 radical (unpaired) electrons. The molecule has 0 spiro atoms. The normalized spacial score (nSPS) is 10.9. The van der Waals surface area contributed by atoms with Crippen LogP contribution >= 0.6 is 0 Å². The number of methoxy groups -OCH3 is 1.